The molecule has 2 aromatic carbocycles. The number of hydrazine groups is 1. The average molecular weight is 287 g/mol. The molecule has 110 valence electrons. The summed E-state index contributed by atoms with van der Waals surface area (Å²) in [7, 11) is 0. The van der Waals surface area contributed by atoms with Gasteiger partial charge in [-0.1, -0.05) is 12.1 Å². The first kappa shape index (κ1) is 15.0. The zero-order valence-electron chi connectivity index (χ0n) is 12.0. The van der Waals surface area contributed by atoms with E-state index in [1.165, 1.54) is 0 Å². The van der Waals surface area contributed by atoms with Crippen LogP contribution in [-0.2, 0) is 6.54 Å². The van der Waals surface area contributed by atoms with Crippen LogP contribution in [0.2, 0.25) is 0 Å². The lowest BCUT2D eigenvalue weighted by Crippen LogP contribution is -2.23. The molecule has 0 aliphatic rings. The maximum Gasteiger partial charge on any atom is 0.251 e. The van der Waals surface area contributed by atoms with Crippen molar-refractivity contribution in [3.8, 4) is 0 Å². The number of rotatable bonds is 4. The van der Waals surface area contributed by atoms with Gasteiger partial charge < -0.3 is 10.7 Å². The van der Waals surface area contributed by atoms with E-state index in [-0.39, 0.29) is 11.7 Å². The number of anilines is 1. The first-order chi connectivity index (χ1) is 10.0. The van der Waals surface area contributed by atoms with E-state index in [0.717, 1.165) is 11.3 Å². The van der Waals surface area contributed by atoms with Crippen LogP contribution < -0.4 is 16.6 Å². The van der Waals surface area contributed by atoms with Gasteiger partial charge in [0.15, 0.2) is 0 Å². The molecule has 0 heterocycles. The Morgan fingerprint density at radius 1 is 1.14 bits per heavy atom. The standard InChI is InChI=1S/C16H18FN3O/c1-10-7-12(8-11(2)15(10)17)9-19-16(21)13-3-5-14(20-18)6-4-13/h3-8,20H,9,18H2,1-2H3,(H,19,21). The second-order valence-corrected chi connectivity index (χ2v) is 4.95. The number of hydrogen-bond donors (Lipinski definition) is 3. The van der Waals surface area contributed by atoms with Crippen molar-refractivity contribution in [3.63, 3.8) is 0 Å². The minimum atomic E-state index is -0.199. The molecule has 0 saturated carbocycles. The van der Waals surface area contributed by atoms with Crippen LogP contribution in [0.1, 0.15) is 27.0 Å². The Morgan fingerprint density at radius 2 is 1.71 bits per heavy atom. The van der Waals surface area contributed by atoms with Crippen LogP contribution in [0.5, 0.6) is 0 Å². The minimum absolute atomic E-state index is 0.182. The summed E-state index contributed by atoms with van der Waals surface area (Å²) in [5.41, 5.74) is 5.82. The summed E-state index contributed by atoms with van der Waals surface area (Å²) < 4.78 is 13.5. The molecule has 0 fully saturated rings. The molecule has 0 bridgehead atoms. The third kappa shape index (κ3) is 3.58. The predicted molar refractivity (Wildman–Crippen MR) is 81.3 cm³/mol. The topological polar surface area (TPSA) is 67.2 Å². The van der Waals surface area contributed by atoms with E-state index in [0.29, 0.717) is 23.2 Å². The van der Waals surface area contributed by atoms with Gasteiger partial charge in [-0.3, -0.25) is 10.6 Å². The molecule has 1 amide bonds. The number of aryl methyl sites for hydroxylation is 2. The summed E-state index contributed by atoms with van der Waals surface area (Å²) >= 11 is 0. The van der Waals surface area contributed by atoms with Crippen molar-refractivity contribution in [1.82, 2.24) is 5.32 Å². The van der Waals surface area contributed by atoms with Crippen LogP contribution >= 0.6 is 0 Å². The molecule has 0 radical (unpaired) electrons. The van der Waals surface area contributed by atoms with Gasteiger partial charge in [-0.2, -0.15) is 0 Å². The van der Waals surface area contributed by atoms with Crippen LogP contribution in [0.15, 0.2) is 36.4 Å². The van der Waals surface area contributed by atoms with E-state index >= 15 is 0 Å². The summed E-state index contributed by atoms with van der Waals surface area (Å²) in [4.78, 5) is 12.0. The highest BCUT2D eigenvalue weighted by Gasteiger charge is 2.07. The monoisotopic (exact) mass is 287 g/mol. The molecule has 0 aromatic heterocycles. The molecule has 0 aliphatic heterocycles. The van der Waals surface area contributed by atoms with E-state index in [1.807, 2.05) is 0 Å². The molecule has 4 nitrogen and oxygen atoms in total. The molecular formula is C16H18FN3O. The zero-order valence-corrected chi connectivity index (χ0v) is 12.0. The SMILES string of the molecule is Cc1cc(CNC(=O)c2ccc(NN)cc2)cc(C)c1F. The van der Waals surface area contributed by atoms with Gasteiger partial charge in [-0.25, -0.2) is 4.39 Å². The second-order valence-electron chi connectivity index (χ2n) is 4.95. The molecule has 0 aliphatic carbocycles. The Morgan fingerprint density at radius 3 is 2.24 bits per heavy atom. The largest absolute Gasteiger partial charge is 0.348 e. The summed E-state index contributed by atoms with van der Waals surface area (Å²) in [5.74, 6) is 4.89. The number of hydrogen-bond acceptors (Lipinski definition) is 3. The van der Waals surface area contributed by atoms with Crippen molar-refractivity contribution in [1.29, 1.82) is 0 Å². The van der Waals surface area contributed by atoms with Crippen molar-refractivity contribution in [2.75, 3.05) is 5.43 Å². The van der Waals surface area contributed by atoms with Crippen molar-refractivity contribution in [2.45, 2.75) is 20.4 Å². The molecule has 2 rings (SSSR count). The molecule has 5 heteroatoms. The number of halogens is 1. The Balaban J connectivity index is 2.03. The Bertz CT molecular complexity index is 630. The summed E-state index contributed by atoms with van der Waals surface area (Å²) in [6.45, 7) is 3.79. The van der Waals surface area contributed by atoms with Crippen LogP contribution in [0.25, 0.3) is 0 Å². The van der Waals surface area contributed by atoms with Crippen LogP contribution in [-0.4, -0.2) is 5.91 Å². The number of nitrogen functional groups attached to an aromatic ring is 1. The predicted octanol–water partition coefficient (Wildman–Crippen LogP) is 2.66. The first-order valence-corrected chi connectivity index (χ1v) is 6.61. The summed E-state index contributed by atoms with van der Waals surface area (Å²) in [5, 5.41) is 2.81. The lowest BCUT2D eigenvalue weighted by molar-refractivity contribution is 0.0951. The summed E-state index contributed by atoms with van der Waals surface area (Å²) in [6.07, 6.45) is 0. The van der Waals surface area contributed by atoms with E-state index in [4.69, 9.17) is 5.84 Å². The lowest BCUT2D eigenvalue weighted by atomic mass is 10.1. The second kappa shape index (κ2) is 6.37. The van der Waals surface area contributed by atoms with Gasteiger partial charge in [0.05, 0.1) is 0 Å². The maximum atomic E-state index is 13.5. The third-order valence-corrected chi connectivity index (χ3v) is 3.26. The number of carbonyl (C=O) groups is 1. The zero-order chi connectivity index (χ0) is 15.4. The van der Waals surface area contributed by atoms with Crippen LogP contribution in [0, 0.1) is 19.7 Å². The van der Waals surface area contributed by atoms with Gasteiger partial charge >= 0.3 is 0 Å². The van der Waals surface area contributed by atoms with Gasteiger partial charge in [0.1, 0.15) is 5.82 Å². The van der Waals surface area contributed by atoms with E-state index < -0.39 is 0 Å². The highest BCUT2D eigenvalue weighted by molar-refractivity contribution is 5.94. The molecule has 0 unspecified atom stereocenters. The Hall–Kier alpha value is -2.40. The lowest BCUT2D eigenvalue weighted by Gasteiger charge is -2.09. The van der Waals surface area contributed by atoms with E-state index in [9.17, 15) is 9.18 Å². The normalized spacial score (nSPS) is 10.3. The van der Waals surface area contributed by atoms with Crippen molar-refractivity contribution in [3.05, 3.63) is 64.5 Å². The molecular weight excluding hydrogens is 269 g/mol. The Kier molecular flexibility index (Phi) is 4.55. The number of nitrogens with two attached hydrogens (primary N) is 1. The quantitative estimate of drug-likeness (QED) is 0.598. The van der Waals surface area contributed by atoms with Gasteiger partial charge in [-0.15, -0.1) is 0 Å². The van der Waals surface area contributed by atoms with E-state index in [1.54, 1.807) is 50.2 Å². The highest BCUT2D eigenvalue weighted by Crippen LogP contribution is 2.15. The molecule has 21 heavy (non-hydrogen) atoms. The number of amides is 1. The van der Waals surface area contributed by atoms with Crippen molar-refractivity contribution < 1.29 is 9.18 Å². The Labute approximate surface area is 123 Å². The molecule has 0 saturated heterocycles. The number of benzene rings is 2. The van der Waals surface area contributed by atoms with Gasteiger partial charge in [0, 0.05) is 17.8 Å². The highest BCUT2D eigenvalue weighted by atomic mass is 19.1. The number of nitrogens with one attached hydrogen (secondary N) is 2. The first-order valence-electron chi connectivity index (χ1n) is 6.61. The molecule has 0 atom stereocenters. The molecule has 4 N–H and O–H groups in total. The summed E-state index contributed by atoms with van der Waals surface area (Å²) in [6, 6.07) is 10.3. The maximum absolute atomic E-state index is 13.5. The van der Waals surface area contributed by atoms with Crippen LogP contribution in [0.3, 0.4) is 0 Å². The third-order valence-electron chi connectivity index (χ3n) is 3.26. The van der Waals surface area contributed by atoms with Crippen LogP contribution in [0.4, 0.5) is 10.1 Å². The van der Waals surface area contributed by atoms with Gasteiger partial charge in [-0.05, 0) is 54.8 Å². The van der Waals surface area contributed by atoms with Crippen molar-refractivity contribution in [2.24, 2.45) is 5.84 Å². The fourth-order valence-electron chi connectivity index (χ4n) is 2.14. The average Bonchev–Trinajstić information content (AvgIpc) is 2.50. The molecule has 0 spiro atoms. The minimum Gasteiger partial charge on any atom is -0.348 e. The van der Waals surface area contributed by atoms with E-state index in [2.05, 4.69) is 10.7 Å². The fourth-order valence-corrected chi connectivity index (χ4v) is 2.14. The van der Waals surface area contributed by atoms with Gasteiger partial charge in [0.2, 0.25) is 0 Å². The van der Waals surface area contributed by atoms with Crippen molar-refractivity contribution >= 4 is 11.6 Å². The smallest absolute Gasteiger partial charge is 0.251 e. The number of carbonyl (C=O) groups excluding carboxylic acids is 1. The van der Waals surface area contributed by atoms with Gasteiger partial charge in [0.25, 0.3) is 5.91 Å². The fraction of sp³-hybridized carbons (Fsp3) is 0.188. The molecule has 2 aromatic rings.